The molecule has 1 aliphatic heterocycles. The van der Waals surface area contributed by atoms with Crippen molar-refractivity contribution in [3.63, 3.8) is 0 Å². The van der Waals surface area contributed by atoms with Crippen LogP contribution < -0.4 is 5.32 Å². The third-order valence-corrected chi connectivity index (χ3v) is 9.05. The number of carbonyl (C=O) groups is 1. The van der Waals surface area contributed by atoms with Crippen LogP contribution in [0.4, 0.5) is 0 Å². The van der Waals surface area contributed by atoms with E-state index in [2.05, 4.69) is 42.4 Å². The minimum atomic E-state index is 0.268. The molecule has 3 fully saturated rings. The molecule has 144 valence electrons. The van der Waals surface area contributed by atoms with Gasteiger partial charge in [0.1, 0.15) is 0 Å². The van der Waals surface area contributed by atoms with Crippen molar-refractivity contribution < 1.29 is 4.79 Å². The molecule has 3 nitrogen and oxygen atoms in total. The molecule has 0 aromatic carbocycles. The molecule has 1 aromatic heterocycles. The average molecular weight is 365 g/mol. The monoisotopic (exact) mass is 364 g/mol. The van der Waals surface area contributed by atoms with Crippen molar-refractivity contribution in [1.82, 2.24) is 10.3 Å². The van der Waals surface area contributed by atoms with Gasteiger partial charge in [0, 0.05) is 25.4 Å². The SMILES string of the molecule is CC12CCC3C(CCC4CNC(=O)CCC43C)C1CC=C2c1cccnc1. The number of fused-ring (bicyclic) bond motifs is 5. The molecule has 6 atom stereocenters. The number of hydrogen-bond donors (Lipinski definition) is 1. The molecule has 2 heterocycles. The number of hydrogen-bond acceptors (Lipinski definition) is 2. The van der Waals surface area contributed by atoms with E-state index in [4.69, 9.17) is 0 Å². The van der Waals surface area contributed by atoms with Gasteiger partial charge in [0.15, 0.2) is 0 Å². The molecule has 1 aromatic rings. The molecule has 1 N–H and O–H groups in total. The van der Waals surface area contributed by atoms with E-state index in [1.807, 2.05) is 12.4 Å². The maximum atomic E-state index is 12.0. The Morgan fingerprint density at radius 1 is 1.15 bits per heavy atom. The second-order valence-electron chi connectivity index (χ2n) is 10.0. The maximum absolute atomic E-state index is 12.0. The Morgan fingerprint density at radius 2 is 2.04 bits per heavy atom. The molecule has 0 spiro atoms. The number of nitrogens with zero attached hydrogens (tertiary/aromatic N) is 1. The lowest BCUT2D eigenvalue weighted by Gasteiger charge is -2.58. The molecule has 1 saturated heterocycles. The second kappa shape index (κ2) is 6.18. The summed E-state index contributed by atoms with van der Waals surface area (Å²) in [5.74, 6) is 3.29. The van der Waals surface area contributed by atoms with E-state index in [0.29, 0.717) is 16.7 Å². The molecule has 1 amide bonds. The van der Waals surface area contributed by atoms with Crippen molar-refractivity contribution >= 4 is 11.5 Å². The largest absolute Gasteiger partial charge is 0.356 e. The molecule has 4 aliphatic rings. The minimum Gasteiger partial charge on any atom is -0.356 e. The van der Waals surface area contributed by atoms with Crippen molar-refractivity contribution in [2.75, 3.05) is 6.54 Å². The first-order valence-electron chi connectivity index (χ1n) is 10.9. The zero-order valence-electron chi connectivity index (χ0n) is 16.7. The summed E-state index contributed by atoms with van der Waals surface area (Å²) in [5.41, 5.74) is 3.50. The van der Waals surface area contributed by atoms with Crippen molar-refractivity contribution in [2.45, 2.75) is 58.8 Å². The summed E-state index contributed by atoms with van der Waals surface area (Å²) in [5, 5.41) is 3.19. The van der Waals surface area contributed by atoms with Gasteiger partial charge in [0.05, 0.1) is 0 Å². The van der Waals surface area contributed by atoms with Gasteiger partial charge in [-0.05, 0) is 90.2 Å². The van der Waals surface area contributed by atoms with E-state index < -0.39 is 0 Å². The topological polar surface area (TPSA) is 42.0 Å². The maximum Gasteiger partial charge on any atom is 0.220 e. The van der Waals surface area contributed by atoms with Crippen LogP contribution in [0.1, 0.15) is 64.4 Å². The molecule has 0 bridgehead atoms. The average Bonchev–Trinajstić information content (AvgIpc) is 2.95. The van der Waals surface area contributed by atoms with Crippen molar-refractivity contribution in [3.05, 3.63) is 36.2 Å². The Kier molecular flexibility index (Phi) is 4.00. The molecule has 5 rings (SSSR count). The molecule has 2 saturated carbocycles. The molecular formula is C24H32N2O. The van der Waals surface area contributed by atoms with Gasteiger partial charge in [-0.1, -0.05) is 26.0 Å². The van der Waals surface area contributed by atoms with Crippen LogP contribution in [0, 0.1) is 34.5 Å². The third kappa shape index (κ3) is 2.53. The number of pyridine rings is 1. The highest BCUT2D eigenvalue weighted by molar-refractivity contribution is 5.76. The van der Waals surface area contributed by atoms with Crippen LogP contribution in [-0.2, 0) is 4.79 Å². The number of carbonyl (C=O) groups excluding carboxylic acids is 1. The van der Waals surface area contributed by atoms with Crippen LogP contribution >= 0.6 is 0 Å². The highest BCUT2D eigenvalue weighted by Gasteiger charge is 2.58. The Balaban J connectivity index is 1.45. The van der Waals surface area contributed by atoms with E-state index in [9.17, 15) is 4.79 Å². The normalized spacial score (nSPS) is 43.6. The van der Waals surface area contributed by atoms with Gasteiger partial charge in [-0.2, -0.15) is 0 Å². The second-order valence-corrected chi connectivity index (χ2v) is 10.0. The molecule has 3 heteroatoms. The van der Waals surface area contributed by atoms with Crippen LogP contribution in [0.3, 0.4) is 0 Å². The van der Waals surface area contributed by atoms with E-state index in [1.165, 1.54) is 37.7 Å². The summed E-state index contributed by atoms with van der Waals surface area (Å²) in [6, 6.07) is 4.31. The Morgan fingerprint density at radius 3 is 2.85 bits per heavy atom. The van der Waals surface area contributed by atoms with E-state index in [1.54, 1.807) is 5.57 Å². The van der Waals surface area contributed by atoms with Gasteiger partial charge in [-0.25, -0.2) is 0 Å². The Hall–Kier alpha value is -1.64. The lowest BCUT2D eigenvalue weighted by Crippen LogP contribution is -2.52. The molecular weight excluding hydrogens is 332 g/mol. The summed E-state index contributed by atoms with van der Waals surface area (Å²) in [4.78, 5) is 16.4. The first-order valence-corrected chi connectivity index (χ1v) is 10.9. The summed E-state index contributed by atoms with van der Waals surface area (Å²) in [7, 11) is 0. The fraction of sp³-hybridized carbons (Fsp3) is 0.667. The van der Waals surface area contributed by atoms with E-state index in [-0.39, 0.29) is 5.91 Å². The molecule has 27 heavy (non-hydrogen) atoms. The molecule has 3 aliphatic carbocycles. The number of allylic oxidation sites excluding steroid dienone is 2. The number of nitrogens with one attached hydrogen (secondary N) is 1. The van der Waals surface area contributed by atoms with Crippen LogP contribution in [0.25, 0.3) is 5.57 Å². The minimum absolute atomic E-state index is 0.268. The summed E-state index contributed by atoms with van der Waals surface area (Å²) in [6.45, 7) is 5.94. The number of aromatic nitrogens is 1. The predicted octanol–water partition coefficient (Wildman–Crippen LogP) is 4.84. The quantitative estimate of drug-likeness (QED) is 0.774. The zero-order valence-corrected chi connectivity index (χ0v) is 16.7. The van der Waals surface area contributed by atoms with Gasteiger partial charge in [0.25, 0.3) is 0 Å². The van der Waals surface area contributed by atoms with Gasteiger partial charge in [0.2, 0.25) is 5.91 Å². The van der Waals surface area contributed by atoms with Gasteiger partial charge < -0.3 is 5.32 Å². The smallest absolute Gasteiger partial charge is 0.220 e. The van der Waals surface area contributed by atoms with Crippen LogP contribution in [0.2, 0.25) is 0 Å². The Bertz CT molecular complexity index is 772. The fourth-order valence-electron chi connectivity index (χ4n) is 7.50. The Labute approximate surface area is 163 Å². The van der Waals surface area contributed by atoms with Crippen molar-refractivity contribution in [1.29, 1.82) is 0 Å². The summed E-state index contributed by atoms with van der Waals surface area (Å²) in [6.07, 6.45) is 14.7. The predicted molar refractivity (Wildman–Crippen MR) is 108 cm³/mol. The summed E-state index contributed by atoms with van der Waals surface area (Å²) < 4.78 is 0. The fourth-order valence-corrected chi connectivity index (χ4v) is 7.50. The highest BCUT2D eigenvalue weighted by Crippen LogP contribution is 2.66. The van der Waals surface area contributed by atoms with Crippen LogP contribution in [0.5, 0.6) is 0 Å². The third-order valence-electron chi connectivity index (χ3n) is 9.05. The summed E-state index contributed by atoms with van der Waals surface area (Å²) >= 11 is 0. The lowest BCUT2D eigenvalue weighted by molar-refractivity contribution is -0.121. The van der Waals surface area contributed by atoms with Crippen LogP contribution in [-0.4, -0.2) is 17.4 Å². The first-order chi connectivity index (χ1) is 13.0. The van der Waals surface area contributed by atoms with Crippen molar-refractivity contribution in [3.8, 4) is 0 Å². The standard InChI is InChI=1S/C24H32N2O/c1-23-12-10-22(27)26-15-17(23)5-6-18-20-8-7-19(16-4-3-13-25-14-16)24(20,2)11-9-21(18)23/h3-4,7,13-14,17-18,20-21H,5-6,8-12,15H2,1-2H3,(H,26,27). The van der Waals surface area contributed by atoms with Gasteiger partial charge >= 0.3 is 0 Å². The van der Waals surface area contributed by atoms with Gasteiger partial charge in [-0.3, -0.25) is 9.78 Å². The van der Waals surface area contributed by atoms with Crippen molar-refractivity contribution in [2.24, 2.45) is 34.5 Å². The van der Waals surface area contributed by atoms with Crippen LogP contribution in [0.15, 0.2) is 30.6 Å². The number of amides is 1. The first kappa shape index (κ1) is 17.5. The van der Waals surface area contributed by atoms with Gasteiger partial charge in [-0.15, -0.1) is 0 Å². The zero-order chi connectivity index (χ0) is 18.6. The van der Waals surface area contributed by atoms with E-state index in [0.717, 1.165) is 37.1 Å². The molecule has 0 radical (unpaired) electrons. The van der Waals surface area contributed by atoms with E-state index >= 15 is 0 Å². The molecule has 6 unspecified atom stereocenters. The lowest BCUT2D eigenvalue weighted by atomic mass is 9.46. The number of rotatable bonds is 1. The highest BCUT2D eigenvalue weighted by atomic mass is 16.1.